The number of hydrogen-bond donors (Lipinski definition) is 0. The molecule has 76 valence electrons. The lowest BCUT2D eigenvalue weighted by Gasteiger charge is -2.03. The Kier molecular flexibility index (Phi) is 2.69. The van der Waals surface area contributed by atoms with Gasteiger partial charge in [-0.1, -0.05) is 23.7 Å². The minimum atomic E-state index is -0.468. The second-order valence-electron chi connectivity index (χ2n) is 3.33. The number of nitrogens with zero attached hydrogens (tertiary/aromatic N) is 1. The molecule has 0 amide bonds. The highest BCUT2D eigenvalue weighted by atomic mass is 35.5. The third-order valence-corrected chi connectivity index (χ3v) is 2.32. The van der Waals surface area contributed by atoms with E-state index in [1.165, 1.54) is 6.07 Å². The van der Waals surface area contributed by atoms with Gasteiger partial charge in [0.05, 0.1) is 0 Å². The lowest BCUT2D eigenvalue weighted by atomic mass is 10.1. The van der Waals surface area contributed by atoms with Crippen molar-refractivity contribution in [3.63, 3.8) is 0 Å². The molecule has 1 heterocycles. The van der Waals surface area contributed by atoms with E-state index in [4.69, 9.17) is 11.6 Å². The Morgan fingerprint density at radius 2 is 1.93 bits per heavy atom. The van der Waals surface area contributed by atoms with Crippen molar-refractivity contribution in [2.24, 2.45) is 0 Å². The Morgan fingerprint density at radius 3 is 2.60 bits per heavy atom. The van der Waals surface area contributed by atoms with E-state index in [1.54, 1.807) is 19.1 Å². The monoisotopic (exact) mass is 221 g/mol. The van der Waals surface area contributed by atoms with Crippen molar-refractivity contribution in [2.45, 2.75) is 6.92 Å². The maximum Gasteiger partial charge on any atom is 0.213 e. The first-order valence-electron chi connectivity index (χ1n) is 4.55. The van der Waals surface area contributed by atoms with Crippen molar-refractivity contribution < 1.29 is 4.39 Å². The number of pyridine rings is 1. The van der Waals surface area contributed by atoms with Gasteiger partial charge >= 0.3 is 0 Å². The van der Waals surface area contributed by atoms with Gasteiger partial charge in [-0.05, 0) is 36.2 Å². The van der Waals surface area contributed by atoms with E-state index in [0.29, 0.717) is 10.7 Å². The smallest absolute Gasteiger partial charge is 0.213 e. The first-order valence-corrected chi connectivity index (χ1v) is 4.93. The normalized spacial score (nSPS) is 10.3. The lowest BCUT2D eigenvalue weighted by Crippen LogP contribution is -1.88. The fourth-order valence-corrected chi connectivity index (χ4v) is 1.65. The summed E-state index contributed by atoms with van der Waals surface area (Å²) in [6, 6.07) is 10.5. The summed E-state index contributed by atoms with van der Waals surface area (Å²) in [5.41, 5.74) is 2.35. The molecule has 0 saturated heterocycles. The van der Waals surface area contributed by atoms with Gasteiger partial charge in [-0.2, -0.15) is 4.39 Å². The van der Waals surface area contributed by atoms with Crippen LogP contribution in [0.25, 0.3) is 11.1 Å². The second kappa shape index (κ2) is 3.99. The van der Waals surface area contributed by atoms with Crippen LogP contribution in [0.1, 0.15) is 5.69 Å². The molecule has 0 radical (unpaired) electrons. The summed E-state index contributed by atoms with van der Waals surface area (Å²) in [6.07, 6.45) is 0. The van der Waals surface area contributed by atoms with Crippen LogP contribution in [0.5, 0.6) is 0 Å². The molecule has 0 aliphatic rings. The van der Waals surface area contributed by atoms with Gasteiger partial charge in [0.25, 0.3) is 0 Å². The SMILES string of the molecule is Cc1cc(-c2cccc(Cl)c2)cc(F)n1. The summed E-state index contributed by atoms with van der Waals surface area (Å²) in [5, 5.41) is 0.641. The zero-order valence-electron chi connectivity index (χ0n) is 8.17. The molecule has 0 bridgehead atoms. The zero-order chi connectivity index (χ0) is 10.8. The molecule has 3 heteroatoms. The van der Waals surface area contributed by atoms with Crippen LogP contribution in [0.15, 0.2) is 36.4 Å². The summed E-state index contributed by atoms with van der Waals surface area (Å²) in [4.78, 5) is 3.68. The van der Waals surface area contributed by atoms with Crippen molar-refractivity contribution in [2.75, 3.05) is 0 Å². The lowest BCUT2D eigenvalue weighted by molar-refractivity contribution is 0.581. The predicted molar refractivity (Wildman–Crippen MR) is 59.4 cm³/mol. The molecule has 15 heavy (non-hydrogen) atoms. The molecule has 0 unspecified atom stereocenters. The van der Waals surface area contributed by atoms with Crippen LogP contribution in [-0.4, -0.2) is 4.98 Å². The van der Waals surface area contributed by atoms with Crippen LogP contribution in [0, 0.1) is 12.9 Å². The van der Waals surface area contributed by atoms with Crippen molar-refractivity contribution in [3.05, 3.63) is 53.1 Å². The van der Waals surface area contributed by atoms with E-state index >= 15 is 0 Å². The average molecular weight is 222 g/mol. The van der Waals surface area contributed by atoms with E-state index in [2.05, 4.69) is 4.98 Å². The third kappa shape index (κ3) is 2.34. The molecule has 1 aromatic heterocycles. The standard InChI is InChI=1S/C12H9ClFN/c1-8-5-10(7-12(14)15-8)9-3-2-4-11(13)6-9/h2-7H,1H3. The Balaban J connectivity index is 2.54. The van der Waals surface area contributed by atoms with Crippen molar-refractivity contribution in [1.82, 2.24) is 4.98 Å². The summed E-state index contributed by atoms with van der Waals surface area (Å²) < 4.78 is 13.1. The molecule has 2 rings (SSSR count). The largest absolute Gasteiger partial charge is 0.225 e. The molecule has 2 aromatic rings. The number of benzene rings is 1. The summed E-state index contributed by atoms with van der Waals surface area (Å²) in [6.45, 7) is 1.76. The Morgan fingerprint density at radius 1 is 1.13 bits per heavy atom. The van der Waals surface area contributed by atoms with Gasteiger partial charge in [-0.25, -0.2) is 4.98 Å². The van der Waals surface area contributed by atoms with E-state index in [9.17, 15) is 4.39 Å². The number of hydrogen-bond acceptors (Lipinski definition) is 1. The molecule has 0 spiro atoms. The van der Waals surface area contributed by atoms with Crippen LogP contribution < -0.4 is 0 Å². The molecule has 0 saturated carbocycles. The van der Waals surface area contributed by atoms with E-state index in [-0.39, 0.29) is 0 Å². The van der Waals surface area contributed by atoms with Crippen molar-refractivity contribution in [3.8, 4) is 11.1 Å². The molecule has 0 atom stereocenters. The summed E-state index contributed by atoms with van der Waals surface area (Å²) >= 11 is 5.86. The van der Waals surface area contributed by atoms with Gasteiger partial charge in [0, 0.05) is 16.8 Å². The molecule has 0 aliphatic heterocycles. The summed E-state index contributed by atoms with van der Waals surface area (Å²) in [7, 11) is 0. The van der Waals surface area contributed by atoms with Gasteiger partial charge in [0.2, 0.25) is 5.95 Å². The molecule has 0 N–H and O–H groups in total. The van der Waals surface area contributed by atoms with Crippen LogP contribution in [0.3, 0.4) is 0 Å². The van der Waals surface area contributed by atoms with Crippen LogP contribution in [0.2, 0.25) is 5.02 Å². The van der Waals surface area contributed by atoms with Gasteiger partial charge in [-0.15, -0.1) is 0 Å². The topological polar surface area (TPSA) is 12.9 Å². The fraction of sp³-hybridized carbons (Fsp3) is 0.0833. The highest BCUT2D eigenvalue weighted by Gasteiger charge is 2.02. The minimum absolute atomic E-state index is 0.468. The highest BCUT2D eigenvalue weighted by molar-refractivity contribution is 6.30. The minimum Gasteiger partial charge on any atom is -0.225 e. The predicted octanol–water partition coefficient (Wildman–Crippen LogP) is 3.85. The Hall–Kier alpha value is -1.41. The first-order chi connectivity index (χ1) is 7.15. The van der Waals surface area contributed by atoms with Gasteiger partial charge in [0.1, 0.15) is 0 Å². The number of rotatable bonds is 1. The van der Waals surface area contributed by atoms with Crippen LogP contribution in [0.4, 0.5) is 4.39 Å². The quantitative estimate of drug-likeness (QED) is 0.667. The average Bonchev–Trinajstić information content (AvgIpc) is 2.16. The number of aryl methyl sites for hydroxylation is 1. The van der Waals surface area contributed by atoms with Gasteiger partial charge in [-0.3, -0.25) is 0 Å². The molecule has 0 fully saturated rings. The highest BCUT2D eigenvalue weighted by Crippen LogP contribution is 2.23. The van der Waals surface area contributed by atoms with Crippen LogP contribution >= 0.6 is 11.6 Å². The van der Waals surface area contributed by atoms with E-state index in [0.717, 1.165) is 11.1 Å². The third-order valence-electron chi connectivity index (χ3n) is 2.08. The maximum absolute atomic E-state index is 13.1. The molecule has 0 aliphatic carbocycles. The zero-order valence-corrected chi connectivity index (χ0v) is 8.92. The van der Waals surface area contributed by atoms with Crippen molar-refractivity contribution in [1.29, 1.82) is 0 Å². The first kappa shape index (κ1) is 10.1. The second-order valence-corrected chi connectivity index (χ2v) is 3.77. The Bertz CT molecular complexity index is 476. The van der Waals surface area contributed by atoms with Gasteiger partial charge < -0.3 is 0 Å². The van der Waals surface area contributed by atoms with Crippen molar-refractivity contribution >= 4 is 11.6 Å². The number of halogens is 2. The number of aromatic nitrogens is 1. The maximum atomic E-state index is 13.1. The molecule has 1 aromatic carbocycles. The van der Waals surface area contributed by atoms with Crippen LogP contribution in [-0.2, 0) is 0 Å². The van der Waals surface area contributed by atoms with E-state index in [1.807, 2.05) is 18.2 Å². The van der Waals surface area contributed by atoms with Gasteiger partial charge in [0.15, 0.2) is 0 Å². The molecular formula is C12H9ClFN. The summed E-state index contributed by atoms with van der Waals surface area (Å²) in [5.74, 6) is -0.468. The fourth-order valence-electron chi connectivity index (χ4n) is 1.46. The van der Waals surface area contributed by atoms with E-state index < -0.39 is 5.95 Å². The molecular weight excluding hydrogens is 213 g/mol. The Labute approximate surface area is 92.5 Å². The molecule has 1 nitrogen and oxygen atoms in total.